The lowest BCUT2D eigenvalue weighted by Gasteiger charge is -2.22. The van der Waals surface area contributed by atoms with Crippen molar-refractivity contribution < 1.29 is 4.79 Å². The predicted molar refractivity (Wildman–Crippen MR) is 99.6 cm³/mol. The maximum Gasteiger partial charge on any atom is 0.270 e. The fourth-order valence-corrected chi connectivity index (χ4v) is 3.21. The fraction of sp³-hybridized carbons (Fsp3) is 0.450. The van der Waals surface area contributed by atoms with Crippen molar-refractivity contribution in [3.05, 3.63) is 53.9 Å². The van der Waals surface area contributed by atoms with Gasteiger partial charge in [-0.3, -0.25) is 4.79 Å². The molecule has 5 nitrogen and oxygen atoms in total. The van der Waals surface area contributed by atoms with Crippen LogP contribution in [0.3, 0.4) is 0 Å². The first-order valence-electron chi connectivity index (χ1n) is 9.23. The van der Waals surface area contributed by atoms with Crippen molar-refractivity contribution in [2.24, 2.45) is 0 Å². The Morgan fingerprint density at radius 3 is 2.68 bits per heavy atom. The highest BCUT2D eigenvalue weighted by atomic mass is 16.1. The third-order valence-electron chi connectivity index (χ3n) is 4.60. The van der Waals surface area contributed by atoms with Gasteiger partial charge >= 0.3 is 0 Å². The van der Waals surface area contributed by atoms with Crippen LogP contribution in [0.1, 0.15) is 54.6 Å². The van der Waals surface area contributed by atoms with Crippen LogP contribution in [0.25, 0.3) is 0 Å². The molecule has 0 bridgehead atoms. The summed E-state index contributed by atoms with van der Waals surface area (Å²) in [7, 11) is 0. The van der Waals surface area contributed by atoms with E-state index in [0.29, 0.717) is 17.7 Å². The topological polar surface area (TPSA) is 66.9 Å². The number of hydrogen-bond acceptors (Lipinski definition) is 4. The van der Waals surface area contributed by atoms with Crippen molar-refractivity contribution in [1.29, 1.82) is 0 Å². The van der Waals surface area contributed by atoms with Crippen molar-refractivity contribution in [3.8, 4) is 0 Å². The zero-order chi connectivity index (χ0) is 17.3. The number of aryl methyl sites for hydroxylation is 1. The maximum atomic E-state index is 12.4. The van der Waals surface area contributed by atoms with Gasteiger partial charge in [0, 0.05) is 18.8 Å². The number of nitrogens with zero attached hydrogens (tertiary/aromatic N) is 2. The molecule has 0 spiro atoms. The van der Waals surface area contributed by atoms with E-state index in [-0.39, 0.29) is 5.91 Å². The quantitative estimate of drug-likeness (QED) is 0.757. The number of hydrogen-bond donors (Lipinski definition) is 2. The largest absolute Gasteiger partial charge is 0.354 e. The van der Waals surface area contributed by atoms with Gasteiger partial charge in [-0.25, -0.2) is 9.97 Å². The maximum absolute atomic E-state index is 12.4. The molecule has 132 valence electrons. The average molecular weight is 338 g/mol. The molecule has 0 unspecified atom stereocenters. The Morgan fingerprint density at radius 1 is 1.08 bits per heavy atom. The second-order valence-corrected chi connectivity index (χ2v) is 6.59. The van der Waals surface area contributed by atoms with Gasteiger partial charge in [0.1, 0.15) is 5.69 Å². The summed E-state index contributed by atoms with van der Waals surface area (Å²) in [6.45, 7) is 0.780. The predicted octanol–water partition coefficient (Wildman–Crippen LogP) is 3.58. The van der Waals surface area contributed by atoms with E-state index in [2.05, 4.69) is 44.9 Å². The molecule has 3 rings (SSSR count). The lowest BCUT2D eigenvalue weighted by atomic mass is 9.95. The van der Waals surface area contributed by atoms with Crippen LogP contribution in [-0.4, -0.2) is 28.5 Å². The fourth-order valence-electron chi connectivity index (χ4n) is 3.21. The van der Waals surface area contributed by atoms with Crippen LogP contribution in [0.15, 0.2) is 42.6 Å². The minimum atomic E-state index is -0.0957. The van der Waals surface area contributed by atoms with Crippen LogP contribution >= 0.6 is 0 Å². The van der Waals surface area contributed by atoms with Crippen LogP contribution in [-0.2, 0) is 6.42 Å². The number of amides is 1. The van der Waals surface area contributed by atoms with Crippen molar-refractivity contribution in [2.75, 3.05) is 11.9 Å². The molecule has 1 aromatic heterocycles. The molecule has 25 heavy (non-hydrogen) atoms. The number of anilines is 1. The summed E-state index contributed by atoms with van der Waals surface area (Å²) in [5.41, 5.74) is 1.76. The van der Waals surface area contributed by atoms with Gasteiger partial charge in [-0.2, -0.15) is 0 Å². The van der Waals surface area contributed by atoms with Crippen molar-refractivity contribution in [2.45, 2.75) is 51.0 Å². The highest BCUT2D eigenvalue weighted by Gasteiger charge is 2.17. The summed E-state index contributed by atoms with van der Waals surface area (Å²) in [5, 5.41) is 6.31. The number of benzene rings is 1. The van der Waals surface area contributed by atoms with Gasteiger partial charge in [0.25, 0.3) is 5.91 Å². The summed E-state index contributed by atoms with van der Waals surface area (Å²) in [4.78, 5) is 20.9. The summed E-state index contributed by atoms with van der Waals surface area (Å²) in [6, 6.07) is 12.4. The van der Waals surface area contributed by atoms with E-state index in [1.54, 1.807) is 12.3 Å². The highest BCUT2D eigenvalue weighted by molar-refractivity contribution is 5.92. The summed E-state index contributed by atoms with van der Waals surface area (Å²) in [6.07, 6.45) is 9.45. The first-order chi connectivity index (χ1) is 12.3. The summed E-state index contributed by atoms with van der Waals surface area (Å²) in [5.74, 6) is 0.422. The first-order valence-corrected chi connectivity index (χ1v) is 9.23. The second-order valence-electron chi connectivity index (χ2n) is 6.59. The third kappa shape index (κ3) is 5.55. The van der Waals surface area contributed by atoms with Crippen LogP contribution in [0.2, 0.25) is 0 Å². The summed E-state index contributed by atoms with van der Waals surface area (Å²) < 4.78 is 0. The van der Waals surface area contributed by atoms with Gasteiger partial charge in [0.2, 0.25) is 5.95 Å². The number of nitrogens with one attached hydrogen (secondary N) is 2. The standard InChI is InChI=1S/C20H26N4O/c25-19(23-17-11-5-2-6-12-17)18-13-15-22-20(24-18)21-14-7-10-16-8-3-1-4-9-16/h1,3-4,8-9,13,15,17H,2,5-7,10-12,14H2,(H,23,25)(H,21,22,24). The molecular formula is C20H26N4O. The van der Waals surface area contributed by atoms with Gasteiger partial charge in [0.15, 0.2) is 0 Å². The molecule has 1 aliphatic rings. The first kappa shape index (κ1) is 17.4. The number of aromatic nitrogens is 2. The van der Waals surface area contributed by atoms with Gasteiger partial charge in [-0.1, -0.05) is 49.6 Å². The van der Waals surface area contributed by atoms with Gasteiger partial charge in [-0.15, -0.1) is 0 Å². The molecule has 1 fully saturated rings. The van der Waals surface area contributed by atoms with Gasteiger partial charge < -0.3 is 10.6 Å². The minimum Gasteiger partial charge on any atom is -0.354 e. The SMILES string of the molecule is O=C(NC1CCCCC1)c1ccnc(NCCCc2ccccc2)n1. The van der Waals surface area contributed by atoms with Gasteiger partial charge in [-0.05, 0) is 37.3 Å². The highest BCUT2D eigenvalue weighted by Crippen LogP contribution is 2.17. The zero-order valence-corrected chi connectivity index (χ0v) is 14.6. The molecule has 1 aliphatic carbocycles. The molecule has 0 saturated heterocycles. The molecule has 1 aromatic carbocycles. The lowest BCUT2D eigenvalue weighted by molar-refractivity contribution is 0.0922. The van der Waals surface area contributed by atoms with E-state index >= 15 is 0 Å². The third-order valence-corrected chi connectivity index (χ3v) is 4.60. The smallest absolute Gasteiger partial charge is 0.270 e. The molecule has 5 heteroatoms. The molecule has 1 amide bonds. The zero-order valence-electron chi connectivity index (χ0n) is 14.6. The van der Waals surface area contributed by atoms with Gasteiger partial charge in [0.05, 0.1) is 0 Å². The van der Waals surface area contributed by atoms with E-state index in [1.807, 2.05) is 6.07 Å². The van der Waals surface area contributed by atoms with Crippen LogP contribution in [0.5, 0.6) is 0 Å². The van der Waals surface area contributed by atoms with Crippen LogP contribution in [0.4, 0.5) is 5.95 Å². The second kappa shape index (κ2) is 9.16. The van der Waals surface area contributed by atoms with Crippen molar-refractivity contribution in [3.63, 3.8) is 0 Å². The van der Waals surface area contributed by atoms with E-state index in [1.165, 1.54) is 24.8 Å². The molecule has 1 heterocycles. The molecule has 0 aliphatic heterocycles. The monoisotopic (exact) mass is 338 g/mol. The van der Waals surface area contributed by atoms with E-state index < -0.39 is 0 Å². The molecular weight excluding hydrogens is 312 g/mol. The normalized spacial score (nSPS) is 14.9. The van der Waals surface area contributed by atoms with Crippen LogP contribution in [0, 0.1) is 0 Å². The Kier molecular flexibility index (Phi) is 6.37. The Morgan fingerprint density at radius 2 is 1.88 bits per heavy atom. The molecule has 2 aromatic rings. The Hall–Kier alpha value is -2.43. The summed E-state index contributed by atoms with van der Waals surface area (Å²) >= 11 is 0. The van der Waals surface area contributed by atoms with Crippen LogP contribution < -0.4 is 10.6 Å². The Bertz CT molecular complexity index is 668. The number of carbonyl (C=O) groups is 1. The lowest BCUT2D eigenvalue weighted by Crippen LogP contribution is -2.36. The van der Waals surface area contributed by atoms with Crippen molar-refractivity contribution >= 4 is 11.9 Å². The Labute approximate surface area is 149 Å². The van der Waals surface area contributed by atoms with E-state index in [9.17, 15) is 4.79 Å². The number of rotatable bonds is 7. The minimum absolute atomic E-state index is 0.0957. The molecule has 1 saturated carbocycles. The molecule has 2 N–H and O–H groups in total. The number of carbonyl (C=O) groups excluding carboxylic acids is 1. The van der Waals surface area contributed by atoms with Crippen molar-refractivity contribution in [1.82, 2.24) is 15.3 Å². The average Bonchev–Trinajstić information content (AvgIpc) is 2.67. The van der Waals surface area contributed by atoms with E-state index in [4.69, 9.17) is 0 Å². The Balaban J connectivity index is 1.46. The van der Waals surface area contributed by atoms with E-state index in [0.717, 1.165) is 32.2 Å². The molecule has 0 atom stereocenters. The molecule has 0 radical (unpaired) electrons.